The van der Waals surface area contributed by atoms with Crippen molar-refractivity contribution in [3.63, 3.8) is 0 Å². The molecular formula is C17H20N6O3S. The number of aromatic nitrogens is 3. The lowest BCUT2D eigenvalue weighted by Crippen LogP contribution is -2.48. The van der Waals surface area contributed by atoms with Crippen molar-refractivity contribution in [2.24, 2.45) is 0 Å². The molecule has 1 aliphatic rings. The fraction of sp³-hybridized carbons (Fsp3) is 0.412. The normalized spacial score (nSPS) is 16.0. The molecule has 0 aliphatic carbocycles. The average Bonchev–Trinajstić information content (AvgIpc) is 3.26. The van der Waals surface area contributed by atoms with Gasteiger partial charge in [0, 0.05) is 32.2 Å². The predicted molar refractivity (Wildman–Crippen MR) is 102 cm³/mol. The number of rotatable bonds is 5. The first-order chi connectivity index (χ1) is 13.1. The number of H-pyrrole nitrogens is 1. The molecular weight excluding hydrogens is 368 g/mol. The fourth-order valence-corrected chi connectivity index (χ4v) is 3.85. The van der Waals surface area contributed by atoms with Gasteiger partial charge in [0.2, 0.25) is 5.91 Å². The number of nitrogens with zero attached hydrogens (tertiary/aromatic N) is 4. The highest BCUT2D eigenvalue weighted by molar-refractivity contribution is 7.17. The zero-order chi connectivity index (χ0) is 18.8. The van der Waals surface area contributed by atoms with Crippen LogP contribution in [0.15, 0.2) is 26.8 Å². The Balaban J connectivity index is 1.28. The molecule has 9 nitrogen and oxygen atoms in total. The lowest BCUT2D eigenvalue weighted by Gasteiger charge is -2.33. The smallest absolute Gasteiger partial charge is 0.268 e. The van der Waals surface area contributed by atoms with Gasteiger partial charge in [-0.2, -0.15) is 0 Å². The van der Waals surface area contributed by atoms with Crippen LogP contribution in [0.1, 0.15) is 11.6 Å². The number of nitrogens with one attached hydrogen (secondary N) is 2. The van der Waals surface area contributed by atoms with Gasteiger partial charge in [0.25, 0.3) is 5.56 Å². The molecule has 0 bridgehead atoms. The van der Waals surface area contributed by atoms with Crippen LogP contribution in [0.5, 0.6) is 0 Å². The maximum absolute atomic E-state index is 12.1. The van der Waals surface area contributed by atoms with Crippen LogP contribution < -0.4 is 10.9 Å². The highest BCUT2D eigenvalue weighted by Gasteiger charge is 2.20. The summed E-state index contributed by atoms with van der Waals surface area (Å²) in [4.78, 5) is 35.9. The molecule has 10 heteroatoms. The predicted octanol–water partition coefficient (Wildman–Crippen LogP) is 1.04. The number of piperazine rings is 1. The highest BCUT2D eigenvalue weighted by atomic mass is 32.1. The Bertz CT molecular complexity index is 1000. The van der Waals surface area contributed by atoms with Gasteiger partial charge in [0.05, 0.1) is 18.6 Å². The summed E-state index contributed by atoms with van der Waals surface area (Å²) in [5.41, 5.74) is 0.667. The Morgan fingerprint density at radius 2 is 2.11 bits per heavy atom. The Hall–Kier alpha value is -2.56. The van der Waals surface area contributed by atoms with E-state index in [-0.39, 0.29) is 11.5 Å². The Morgan fingerprint density at radius 1 is 1.33 bits per heavy atom. The van der Waals surface area contributed by atoms with Gasteiger partial charge in [-0.15, -0.1) is 11.3 Å². The molecule has 1 aliphatic heterocycles. The molecule has 0 radical (unpaired) electrons. The zero-order valence-electron chi connectivity index (χ0n) is 14.9. The van der Waals surface area contributed by atoms with E-state index in [4.69, 9.17) is 4.52 Å². The first-order valence-electron chi connectivity index (χ1n) is 8.71. The second-order valence-corrected chi connectivity index (χ2v) is 7.49. The topological polar surface area (TPSA) is 107 Å². The number of anilines is 1. The van der Waals surface area contributed by atoms with Crippen LogP contribution in [0.2, 0.25) is 0 Å². The molecule has 3 aromatic rings. The van der Waals surface area contributed by atoms with Crippen LogP contribution in [0.3, 0.4) is 0 Å². The molecule has 0 unspecified atom stereocenters. The molecule has 4 rings (SSSR count). The summed E-state index contributed by atoms with van der Waals surface area (Å²) in [7, 11) is 0. The quantitative estimate of drug-likeness (QED) is 0.672. The van der Waals surface area contributed by atoms with Crippen LogP contribution in [0, 0.1) is 6.92 Å². The summed E-state index contributed by atoms with van der Waals surface area (Å²) in [6.45, 7) is 5.85. The van der Waals surface area contributed by atoms with E-state index in [0.29, 0.717) is 35.2 Å². The summed E-state index contributed by atoms with van der Waals surface area (Å²) in [6, 6.07) is 3.56. The first-order valence-corrected chi connectivity index (χ1v) is 9.59. The second kappa shape index (κ2) is 7.59. The van der Waals surface area contributed by atoms with Crippen molar-refractivity contribution in [1.82, 2.24) is 24.9 Å². The molecule has 1 amide bonds. The minimum Gasteiger partial charge on any atom is -0.360 e. The van der Waals surface area contributed by atoms with E-state index >= 15 is 0 Å². The van der Waals surface area contributed by atoms with Crippen molar-refractivity contribution in [3.8, 4) is 0 Å². The van der Waals surface area contributed by atoms with Crippen molar-refractivity contribution < 1.29 is 9.32 Å². The highest BCUT2D eigenvalue weighted by Crippen LogP contribution is 2.14. The molecule has 27 heavy (non-hydrogen) atoms. The third kappa shape index (κ3) is 4.24. The van der Waals surface area contributed by atoms with Crippen molar-refractivity contribution in [1.29, 1.82) is 0 Å². The lowest BCUT2D eigenvalue weighted by atomic mass is 10.3. The molecule has 142 valence electrons. The van der Waals surface area contributed by atoms with Crippen molar-refractivity contribution in [3.05, 3.63) is 39.5 Å². The van der Waals surface area contributed by atoms with Gasteiger partial charge in [0.15, 0.2) is 5.82 Å². The van der Waals surface area contributed by atoms with Crippen LogP contribution in [0.4, 0.5) is 5.82 Å². The summed E-state index contributed by atoms with van der Waals surface area (Å²) in [5.74, 6) is 1.67. The molecule has 1 fully saturated rings. The van der Waals surface area contributed by atoms with Crippen LogP contribution in [0.25, 0.3) is 10.2 Å². The van der Waals surface area contributed by atoms with E-state index in [0.717, 1.165) is 31.7 Å². The Kier molecular flexibility index (Phi) is 5.01. The zero-order valence-corrected chi connectivity index (χ0v) is 15.7. The largest absolute Gasteiger partial charge is 0.360 e. The number of amides is 1. The van der Waals surface area contributed by atoms with E-state index < -0.39 is 0 Å². The van der Waals surface area contributed by atoms with E-state index in [2.05, 4.69) is 30.2 Å². The maximum atomic E-state index is 12.1. The van der Waals surface area contributed by atoms with Crippen molar-refractivity contribution in [2.45, 2.75) is 13.5 Å². The van der Waals surface area contributed by atoms with Crippen LogP contribution in [-0.2, 0) is 11.3 Å². The number of carbonyl (C=O) groups excluding carboxylic acids is 1. The molecule has 0 spiro atoms. The fourth-order valence-electron chi connectivity index (χ4n) is 3.12. The van der Waals surface area contributed by atoms with E-state index in [9.17, 15) is 9.59 Å². The van der Waals surface area contributed by atoms with E-state index in [1.165, 1.54) is 11.3 Å². The molecule has 3 aromatic heterocycles. The minimum absolute atomic E-state index is 0.0802. The lowest BCUT2D eigenvalue weighted by molar-refractivity contribution is -0.117. The van der Waals surface area contributed by atoms with Crippen LogP contribution >= 0.6 is 11.3 Å². The SMILES string of the molecule is Cc1cc(NC(=O)CN2CCN(Cc3nc4ccsc4c(=O)[nH]3)CC2)no1. The van der Waals surface area contributed by atoms with Gasteiger partial charge in [0.1, 0.15) is 16.3 Å². The molecule has 0 saturated carbocycles. The third-order valence-electron chi connectivity index (χ3n) is 4.46. The van der Waals surface area contributed by atoms with Gasteiger partial charge < -0.3 is 14.8 Å². The number of carbonyl (C=O) groups is 1. The van der Waals surface area contributed by atoms with Crippen molar-refractivity contribution >= 4 is 33.3 Å². The molecule has 1 saturated heterocycles. The number of aromatic amines is 1. The monoisotopic (exact) mass is 388 g/mol. The van der Waals surface area contributed by atoms with Gasteiger partial charge in [-0.1, -0.05) is 5.16 Å². The van der Waals surface area contributed by atoms with Gasteiger partial charge in [-0.25, -0.2) is 4.98 Å². The van der Waals surface area contributed by atoms with Crippen molar-refractivity contribution in [2.75, 3.05) is 38.0 Å². The minimum atomic E-state index is -0.106. The average molecular weight is 388 g/mol. The Labute approximate surface area is 159 Å². The molecule has 0 atom stereocenters. The summed E-state index contributed by atoms with van der Waals surface area (Å²) in [5, 5.41) is 8.37. The van der Waals surface area contributed by atoms with Gasteiger partial charge in [-0.05, 0) is 18.4 Å². The third-order valence-corrected chi connectivity index (χ3v) is 5.37. The molecule has 0 aromatic carbocycles. The van der Waals surface area contributed by atoms with Gasteiger partial charge in [-0.3, -0.25) is 19.4 Å². The number of thiophene rings is 1. The summed E-state index contributed by atoms with van der Waals surface area (Å²) < 4.78 is 5.60. The number of hydrogen-bond acceptors (Lipinski definition) is 8. The maximum Gasteiger partial charge on any atom is 0.268 e. The van der Waals surface area contributed by atoms with E-state index in [1.54, 1.807) is 13.0 Å². The van der Waals surface area contributed by atoms with Crippen LogP contribution in [-0.4, -0.2) is 63.6 Å². The standard InChI is InChI=1S/C17H20N6O3S/c1-11-8-13(21-26-11)19-15(24)10-23-5-3-22(4-6-23)9-14-18-12-2-7-27-16(12)17(25)20-14/h2,7-8H,3-6,9-10H2,1H3,(H,18,20,25)(H,19,21,24). The first kappa shape index (κ1) is 17.8. The second-order valence-electron chi connectivity index (χ2n) is 6.57. The molecule has 2 N–H and O–H groups in total. The van der Waals surface area contributed by atoms with E-state index in [1.807, 2.05) is 11.4 Å². The number of hydrogen-bond donors (Lipinski definition) is 2. The molecule has 4 heterocycles. The number of aryl methyl sites for hydroxylation is 1. The number of fused-ring (bicyclic) bond motifs is 1. The summed E-state index contributed by atoms with van der Waals surface area (Å²) >= 11 is 1.40. The van der Waals surface area contributed by atoms with Gasteiger partial charge >= 0.3 is 0 Å². The summed E-state index contributed by atoms with van der Waals surface area (Å²) in [6.07, 6.45) is 0. The Morgan fingerprint density at radius 3 is 2.85 bits per heavy atom.